The number of hydrogen-bond acceptors (Lipinski definition) is 2. The minimum Gasteiger partial charge on any atom is -0.227 e. The van der Waals surface area contributed by atoms with E-state index in [9.17, 15) is 8.42 Å². The fraction of sp³-hybridized carbons (Fsp3) is 0.750. The lowest BCUT2D eigenvalue weighted by Crippen LogP contribution is -1.84. The average Bonchev–Trinajstić information content (AvgIpc) is 1.97. The second-order valence-corrected chi connectivity index (χ2v) is 3.78. The number of rotatable bonds is 6. The van der Waals surface area contributed by atoms with Gasteiger partial charge in [0.25, 0.3) is 0 Å². The monoisotopic (exact) mass is 176 g/mol. The third-order valence-corrected chi connectivity index (χ3v) is 2.32. The lowest BCUT2D eigenvalue weighted by Gasteiger charge is -1.96. The predicted octanol–water partition coefficient (Wildman–Crippen LogP) is 2.08. The number of hydrogen-bond donors (Lipinski definition) is 1. The molecule has 0 aliphatic rings. The van der Waals surface area contributed by atoms with Crippen molar-refractivity contribution in [1.29, 1.82) is 0 Å². The summed E-state index contributed by atoms with van der Waals surface area (Å²) in [5.41, 5.74) is 0. The van der Waals surface area contributed by atoms with Crippen molar-refractivity contribution in [1.82, 2.24) is 0 Å². The molecule has 0 heterocycles. The summed E-state index contributed by atoms with van der Waals surface area (Å²) in [4.78, 5) is 0.371. The van der Waals surface area contributed by atoms with Crippen LogP contribution in [0.1, 0.15) is 39.0 Å². The molecule has 0 rings (SSSR count). The van der Waals surface area contributed by atoms with Crippen molar-refractivity contribution >= 4 is 10.7 Å². The molecule has 2 nitrogen and oxygen atoms in total. The van der Waals surface area contributed by atoms with Crippen LogP contribution in [0.3, 0.4) is 0 Å². The summed E-state index contributed by atoms with van der Waals surface area (Å²) in [5, 5.41) is 0. The molecule has 0 atom stereocenters. The summed E-state index contributed by atoms with van der Waals surface area (Å²) < 4.78 is 20.6. The molecule has 0 aromatic rings. The SMILES string of the molecule is C=C(CCCCCC)[SH](=O)=O. The molecule has 0 bridgehead atoms. The summed E-state index contributed by atoms with van der Waals surface area (Å²) in [6.07, 6.45) is 5.06. The van der Waals surface area contributed by atoms with Crippen LogP contribution >= 0.6 is 0 Å². The fourth-order valence-corrected chi connectivity index (χ4v) is 1.19. The Hall–Kier alpha value is -0.310. The molecule has 11 heavy (non-hydrogen) atoms. The largest absolute Gasteiger partial charge is 0.227 e. The summed E-state index contributed by atoms with van der Waals surface area (Å²) >= 11 is 0. The van der Waals surface area contributed by atoms with Gasteiger partial charge in [0.15, 0.2) is 10.7 Å². The van der Waals surface area contributed by atoms with E-state index in [0.29, 0.717) is 11.3 Å². The maximum atomic E-state index is 10.3. The van der Waals surface area contributed by atoms with Gasteiger partial charge in [-0.15, -0.1) is 0 Å². The zero-order chi connectivity index (χ0) is 8.69. The first-order valence-electron chi connectivity index (χ1n) is 4.00. The van der Waals surface area contributed by atoms with Gasteiger partial charge in [0.05, 0.1) is 0 Å². The van der Waals surface area contributed by atoms with Crippen molar-refractivity contribution in [3.05, 3.63) is 11.5 Å². The Labute approximate surface area is 70.3 Å². The van der Waals surface area contributed by atoms with E-state index in [-0.39, 0.29) is 0 Å². The normalized spacial score (nSPS) is 10.4. The zero-order valence-electron chi connectivity index (χ0n) is 7.01. The number of allylic oxidation sites excluding steroid dienone is 1. The molecular formula is C8H16O2S. The smallest absolute Gasteiger partial charge is 0.163 e. The first-order chi connectivity index (χ1) is 5.18. The van der Waals surface area contributed by atoms with Crippen molar-refractivity contribution in [3.8, 4) is 0 Å². The second kappa shape index (κ2) is 6.40. The molecule has 0 amide bonds. The van der Waals surface area contributed by atoms with Crippen molar-refractivity contribution in [2.45, 2.75) is 39.0 Å². The van der Waals surface area contributed by atoms with Crippen LogP contribution in [0, 0.1) is 0 Å². The van der Waals surface area contributed by atoms with E-state index in [4.69, 9.17) is 0 Å². The second-order valence-electron chi connectivity index (χ2n) is 2.63. The Bertz CT molecular complexity index is 175. The molecule has 0 radical (unpaired) electrons. The highest BCUT2D eigenvalue weighted by atomic mass is 32.2. The highest BCUT2D eigenvalue weighted by Gasteiger charge is 1.95. The van der Waals surface area contributed by atoms with Crippen LogP contribution in [0.25, 0.3) is 0 Å². The van der Waals surface area contributed by atoms with Gasteiger partial charge in [-0.25, -0.2) is 8.42 Å². The molecule has 0 saturated carbocycles. The van der Waals surface area contributed by atoms with Crippen LogP contribution in [0.4, 0.5) is 0 Å². The molecule has 66 valence electrons. The first-order valence-corrected chi connectivity index (χ1v) is 5.18. The third-order valence-electron chi connectivity index (χ3n) is 1.58. The molecule has 3 heteroatoms. The maximum absolute atomic E-state index is 10.3. The van der Waals surface area contributed by atoms with Gasteiger partial charge in [0.2, 0.25) is 0 Å². The average molecular weight is 176 g/mol. The molecule has 0 aliphatic carbocycles. The van der Waals surface area contributed by atoms with Crippen LogP contribution in [0.2, 0.25) is 0 Å². The van der Waals surface area contributed by atoms with Crippen molar-refractivity contribution < 1.29 is 8.42 Å². The van der Waals surface area contributed by atoms with E-state index < -0.39 is 10.7 Å². The molecular weight excluding hydrogens is 160 g/mol. The van der Waals surface area contributed by atoms with Gasteiger partial charge in [-0.3, -0.25) is 0 Å². The molecule has 0 N–H and O–H groups in total. The van der Waals surface area contributed by atoms with Gasteiger partial charge in [0.1, 0.15) is 0 Å². The van der Waals surface area contributed by atoms with Crippen LogP contribution in [0.15, 0.2) is 11.5 Å². The maximum Gasteiger partial charge on any atom is 0.163 e. The van der Waals surface area contributed by atoms with E-state index in [2.05, 4.69) is 13.5 Å². The van der Waals surface area contributed by atoms with Gasteiger partial charge in [-0.2, -0.15) is 0 Å². The summed E-state index contributed by atoms with van der Waals surface area (Å²) in [5.74, 6) is 0. The van der Waals surface area contributed by atoms with Crippen LogP contribution in [0.5, 0.6) is 0 Å². The number of thiol groups is 1. The lowest BCUT2D eigenvalue weighted by molar-refractivity contribution is 0.614. The topological polar surface area (TPSA) is 34.1 Å². The van der Waals surface area contributed by atoms with Gasteiger partial charge in [0, 0.05) is 4.91 Å². The van der Waals surface area contributed by atoms with E-state index in [1.165, 1.54) is 12.8 Å². The van der Waals surface area contributed by atoms with Crippen molar-refractivity contribution in [2.75, 3.05) is 0 Å². The van der Waals surface area contributed by atoms with Gasteiger partial charge < -0.3 is 0 Å². The Balaban J connectivity index is 3.32. The van der Waals surface area contributed by atoms with Crippen LogP contribution in [-0.4, -0.2) is 8.42 Å². The predicted molar refractivity (Wildman–Crippen MR) is 48.2 cm³/mol. The Morgan fingerprint density at radius 1 is 1.27 bits per heavy atom. The molecule has 0 aromatic heterocycles. The standard InChI is InChI=1S/C8H16O2S/c1-3-4-5-6-7-8(2)11(9)10/h11H,2-7H2,1H3. The molecule has 0 unspecified atom stereocenters. The van der Waals surface area contributed by atoms with Gasteiger partial charge in [-0.1, -0.05) is 32.8 Å². The minimum absolute atomic E-state index is 0.371. The number of unbranched alkanes of at least 4 members (excludes halogenated alkanes) is 3. The lowest BCUT2D eigenvalue weighted by atomic mass is 10.1. The van der Waals surface area contributed by atoms with E-state index in [1.807, 2.05) is 0 Å². The van der Waals surface area contributed by atoms with Gasteiger partial charge >= 0.3 is 0 Å². The molecule has 0 aliphatic heterocycles. The van der Waals surface area contributed by atoms with Gasteiger partial charge in [-0.05, 0) is 12.8 Å². The first kappa shape index (κ1) is 10.7. The van der Waals surface area contributed by atoms with E-state index in [1.54, 1.807) is 0 Å². The van der Waals surface area contributed by atoms with Crippen molar-refractivity contribution in [3.63, 3.8) is 0 Å². The quantitative estimate of drug-likeness (QED) is 0.496. The van der Waals surface area contributed by atoms with Crippen molar-refractivity contribution in [2.24, 2.45) is 0 Å². The Morgan fingerprint density at radius 3 is 2.36 bits per heavy atom. The molecule has 0 fully saturated rings. The van der Waals surface area contributed by atoms with Crippen LogP contribution < -0.4 is 0 Å². The third kappa shape index (κ3) is 6.10. The van der Waals surface area contributed by atoms with E-state index >= 15 is 0 Å². The molecule has 0 spiro atoms. The molecule has 0 aromatic carbocycles. The Kier molecular flexibility index (Phi) is 6.22. The summed E-state index contributed by atoms with van der Waals surface area (Å²) in [6.45, 7) is 5.58. The zero-order valence-corrected chi connectivity index (χ0v) is 7.90. The molecule has 0 saturated heterocycles. The fourth-order valence-electron chi connectivity index (χ4n) is 0.847. The highest BCUT2D eigenvalue weighted by Crippen LogP contribution is 2.08. The highest BCUT2D eigenvalue weighted by molar-refractivity contribution is 7.76. The van der Waals surface area contributed by atoms with E-state index in [0.717, 1.165) is 12.8 Å². The summed E-state index contributed by atoms with van der Waals surface area (Å²) in [6, 6.07) is 0. The Morgan fingerprint density at radius 2 is 1.91 bits per heavy atom. The summed E-state index contributed by atoms with van der Waals surface area (Å²) in [7, 11) is -2.38. The van der Waals surface area contributed by atoms with Crippen LogP contribution in [-0.2, 0) is 10.7 Å². The minimum atomic E-state index is -2.38.